The Balaban J connectivity index is 2.55. The molecule has 0 saturated heterocycles. The topological polar surface area (TPSA) is 60.7 Å². The van der Waals surface area contributed by atoms with E-state index >= 15 is 0 Å². The minimum absolute atomic E-state index is 0.492. The van der Waals surface area contributed by atoms with Crippen molar-refractivity contribution in [2.45, 2.75) is 24.8 Å². The van der Waals surface area contributed by atoms with Gasteiger partial charge in [-0.05, 0) is 12.8 Å². The van der Waals surface area contributed by atoms with Crippen molar-refractivity contribution in [1.29, 1.82) is 0 Å². The molecule has 0 bridgehead atoms. The van der Waals surface area contributed by atoms with E-state index in [9.17, 15) is 0 Å². The highest BCUT2D eigenvalue weighted by molar-refractivity contribution is 6.44. The first kappa shape index (κ1) is 7.79. The number of rotatable bonds is 1. The standard InChI is InChI=1S/C6H11BO3/c8-6-4-2-1-3-5(6)7(9)10/h1,3,5-6,8-10H,2,4H2/t5-,6+/m0/s1. The fourth-order valence-electron chi connectivity index (χ4n) is 1.14. The lowest BCUT2D eigenvalue weighted by Gasteiger charge is -2.21. The zero-order chi connectivity index (χ0) is 7.56. The molecule has 0 aromatic heterocycles. The molecule has 0 fully saturated rings. The van der Waals surface area contributed by atoms with E-state index in [4.69, 9.17) is 15.2 Å². The van der Waals surface area contributed by atoms with Gasteiger partial charge in [-0.1, -0.05) is 12.2 Å². The first-order valence-electron chi connectivity index (χ1n) is 3.42. The first-order valence-corrected chi connectivity index (χ1v) is 3.42. The summed E-state index contributed by atoms with van der Waals surface area (Å²) in [7, 11) is -1.42. The Kier molecular flexibility index (Phi) is 2.48. The fraction of sp³-hybridized carbons (Fsp3) is 0.667. The first-order chi connectivity index (χ1) is 4.72. The smallest absolute Gasteiger partial charge is 0.427 e. The van der Waals surface area contributed by atoms with Crippen LogP contribution in [0.1, 0.15) is 12.8 Å². The second-order valence-corrected chi connectivity index (χ2v) is 2.56. The van der Waals surface area contributed by atoms with Crippen molar-refractivity contribution in [3.63, 3.8) is 0 Å². The summed E-state index contributed by atoms with van der Waals surface area (Å²) in [6.07, 6.45) is 4.36. The molecule has 3 N–H and O–H groups in total. The third kappa shape index (κ3) is 1.59. The van der Waals surface area contributed by atoms with Crippen LogP contribution < -0.4 is 0 Å². The molecular weight excluding hydrogens is 131 g/mol. The Morgan fingerprint density at radius 3 is 2.50 bits per heavy atom. The van der Waals surface area contributed by atoms with E-state index in [-0.39, 0.29) is 0 Å². The van der Waals surface area contributed by atoms with Crippen LogP contribution in [-0.2, 0) is 0 Å². The molecule has 0 radical (unpaired) electrons. The van der Waals surface area contributed by atoms with Gasteiger partial charge < -0.3 is 15.2 Å². The number of aliphatic hydroxyl groups is 1. The Labute approximate surface area is 60.1 Å². The van der Waals surface area contributed by atoms with Gasteiger partial charge in [-0.3, -0.25) is 0 Å². The maximum atomic E-state index is 9.17. The Morgan fingerprint density at radius 1 is 1.40 bits per heavy atom. The van der Waals surface area contributed by atoms with Gasteiger partial charge in [0.05, 0.1) is 6.10 Å². The minimum Gasteiger partial charge on any atom is -0.427 e. The SMILES string of the molecule is OB(O)[C@H]1C=CCC[C@H]1O. The second-order valence-electron chi connectivity index (χ2n) is 2.56. The summed E-state index contributed by atoms with van der Waals surface area (Å²) in [5, 5.41) is 26.6. The highest BCUT2D eigenvalue weighted by Gasteiger charge is 2.29. The lowest BCUT2D eigenvalue weighted by Crippen LogP contribution is -2.30. The quantitative estimate of drug-likeness (QED) is 0.343. The molecule has 0 aromatic carbocycles. The van der Waals surface area contributed by atoms with Crippen molar-refractivity contribution >= 4 is 7.12 Å². The lowest BCUT2D eigenvalue weighted by atomic mass is 9.67. The molecule has 2 atom stereocenters. The largest absolute Gasteiger partial charge is 0.461 e. The van der Waals surface area contributed by atoms with Crippen LogP contribution >= 0.6 is 0 Å². The van der Waals surface area contributed by atoms with Crippen LogP contribution in [0, 0.1) is 0 Å². The molecule has 0 amide bonds. The Bertz CT molecular complexity index is 135. The molecule has 0 heterocycles. The lowest BCUT2D eigenvalue weighted by molar-refractivity contribution is 0.151. The predicted octanol–water partition coefficient (Wildman–Crippen LogP) is -0.460. The number of allylic oxidation sites excluding steroid dienone is 1. The second kappa shape index (κ2) is 3.19. The molecule has 0 aliphatic heterocycles. The van der Waals surface area contributed by atoms with Crippen LogP contribution in [0.3, 0.4) is 0 Å². The molecule has 1 rings (SSSR count). The average Bonchev–Trinajstić information content (AvgIpc) is 1.88. The summed E-state index contributed by atoms with van der Waals surface area (Å²) in [5.41, 5.74) is 0. The molecule has 0 saturated carbocycles. The van der Waals surface area contributed by atoms with E-state index in [0.717, 1.165) is 6.42 Å². The molecule has 10 heavy (non-hydrogen) atoms. The molecule has 4 heteroatoms. The van der Waals surface area contributed by atoms with Gasteiger partial charge in [0.25, 0.3) is 0 Å². The summed E-state index contributed by atoms with van der Waals surface area (Å²) in [6.45, 7) is 0. The van der Waals surface area contributed by atoms with Gasteiger partial charge in [-0.25, -0.2) is 0 Å². The maximum Gasteiger partial charge on any atom is 0.461 e. The van der Waals surface area contributed by atoms with Crippen LogP contribution in [0.5, 0.6) is 0 Å². The van der Waals surface area contributed by atoms with Gasteiger partial charge in [0.15, 0.2) is 0 Å². The van der Waals surface area contributed by atoms with Crippen molar-refractivity contribution in [3.05, 3.63) is 12.2 Å². The van der Waals surface area contributed by atoms with Crippen molar-refractivity contribution in [2.24, 2.45) is 0 Å². The van der Waals surface area contributed by atoms with Crippen LogP contribution in [-0.4, -0.2) is 28.4 Å². The molecule has 56 valence electrons. The third-order valence-electron chi connectivity index (χ3n) is 1.78. The van der Waals surface area contributed by atoms with Crippen molar-refractivity contribution in [1.82, 2.24) is 0 Å². The van der Waals surface area contributed by atoms with E-state index in [1.807, 2.05) is 6.08 Å². The molecule has 3 nitrogen and oxygen atoms in total. The molecule has 1 aliphatic carbocycles. The summed E-state index contributed by atoms with van der Waals surface area (Å²) in [5.74, 6) is -0.492. The monoisotopic (exact) mass is 142 g/mol. The summed E-state index contributed by atoms with van der Waals surface area (Å²) in [6, 6.07) is 0. The molecule has 0 unspecified atom stereocenters. The number of hydrogen-bond acceptors (Lipinski definition) is 3. The molecule has 0 spiro atoms. The predicted molar refractivity (Wildman–Crippen MR) is 38.3 cm³/mol. The van der Waals surface area contributed by atoms with Gasteiger partial charge in [-0.15, -0.1) is 0 Å². The van der Waals surface area contributed by atoms with E-state index in [0.29, 0.717) is 6.42 Å². The van der Waals surface area contributed by atoms with Crippen molar-refractivity contribution in [2.75, 3.05) is 0 Å². The molecule has 0 aromatic rings. The van der Waals surface area contributed by atoms with E-state index < -0.39 is 19.0 Å². The van der Waals surface area contributed by atoms with Crippen molar-refractivity contribution < 1.29 is 15.2 Å². The summed E-state index contributed by atoms with van der Waals surface area (Å²) < 4.78 is 0. The molecular formula is C6H11BO3. The highest BCUT2D eigenvalue weighted by atomic mass is 16.4. The Morgan fingerprint density at radius 2 is 2.10 bits per heavy atom. The van der Waals surface area contributed by atoms with Gasteiger partial charge in [0.1, 0.15) is 0 Å². The zero-order valence-corrected chi connectivity index (χ0v) is 5.64. The van der Waals surface area contributed by atoms with Gasteiger partial charge in [0.2, 0.25) is 0 Å². The van der Waals surface area contributed by atoms with Crippen LogP contribution in [0.25, 0.3) is 0 Å². The van der Waals surface area contributed by atoms with Crippen LogP contribution in [0.4, 0.5) is 0 Å². The fourth-order valence-corrected chi connectivity index (χ4v) is 1.14. The summed E-state index contributed by atoms with van der Waals surface area (Å²) >= 11 is 0. The van der Waals surface area contributed by atoms with Crippen molar-refractivity contribution in [3.8, 4) is 0 Å². The maximum absolute atomic E-state index is 9.17. The highest BCUT2D eigenvalue weighted by Crippen LogP contribution is 2.23. The Hall–Kier alpha value is -0.315. The number of aliphatic hydroxyl groups excluding tert-OH is 1. The average molecular weight is 142 g/mol. The molecule has 1 aliphatic rings. The zero-order valence-electron chi connectivity index (χ0n) is 5.64. The van der Waals surface area contributed by atoms with Gasteiger partial charge in [0, 0.05) is 5.82 Å². The van der Waals surface area contributed by atoms with E-state index in [2.05, 4.69) is 0 Å². The van der Waals surface area contributed by atoms with Crippen LogP contribution in [0.15, 0.2) is 12.2 Å². The third-order valence-corrected chi connectivity index (χ3v) is 1.78. The van der Waals surface area contributed by atoms with Gasteiger partial charge >= 0.3 is 7.12 Å². The number of hydrogen-bond donors (Lipinski definition) is 3. The van der Waals surface area contributed by atoms with E-state index in [1.54, 1.807) is 6.08 Å². The normalized spacial score (nSPS) is 32.3. The van der Waals surface area contributed by atoms with Gasteiger partial charge in [-0.2, -0.15) is 0 Å². The van der Waals surface area contributed by atoms with Crippen LogP contribution in [0.2, 0.25) is 5.82 Å². The minimum atomic E-state index is -1.42. The summed E-state index contributed by atoms with van der Waals surface area (Å²) in [4.78, 5) is 0. The van der Waals surface area contributed by atoms with E-state index in [1.165, 1.54) is 0 Å².